The highest BCUT2D eigenvalue weighted by atomic mass is 16.3. The summed E-state index contributed by atoms with van der Waals surface area (Å²) in [5, 5.41) is 10.9. The van der Waals surface area contributed by atoms with Crippen molar-refractivity contribution in [2.24, 2.45) is 0 Å². The van der Waals surface area contributed by atoms with Crippen LogP contribution >= 0.6 is 0 Å². The van der Waals surface area contributed by atoms with Crippen molar-refractivity contribution in [1.82, 2.24) is 14.8 Å². The minimum atomic E-state index is 0.666. The Labute approximate surface area is 110 Å². The first-order valence-corrected chi connectivity index (χ1v) is 6.05. The fourth-order valence-electron chi connectivity index (χ4n) is 1.88. The van der Waals surface area contributed by atoms with E-state index in [1.807, 2.05) is 47.9 Å². The lowest BCUT2D eigenvalue weighted by molar-refractivity contribution is 0.490. The number of nitrogens with one attached hydrogen (secondary N) is 1. The molecule has 0 amide bonds. The van der Waals surface area contributed by atoms with Gasteiger partial charge in [0.15, 0.2) is 0 Å². The van der Waals surface area contributed by atoms with Gasteiger partial charge >= 0.3 is 0 Å². The Kier molecular flexibility index (Phi) is 3.02. The van der Waals surface area contributed by atoms with Crippen LogP contribution in [0, 0.1) is 6.92 Å². The number of hydrogen-bond donors (Lipinski definition) is 1. The van der Waals surface area contributed by atoms with Crippen LogP contribution in [0.1, 0.15) is 11.5 Å². The molecule has 2 aromatic heterocycles. The molecule has 1 N–H and O–H groups in total. The van der Waals surface area contributed by atoms with Crippen molar-refractivity contribution in [1.29, 1.82) is 0 Å². The molecule has 3 aromatic rings. The molecule has 3 rings (SSSR count). The molecule has 0 atom stereocenters. The highest BCUT2D eigenvalue weighted by Crippen LogP contribution is 2.15. The molecule has 0 aliphatic carbocycles. The van der Waals surface area contributed by atoms with Crippen LogP contribution in [0.25, 0.3) is 5.69 Å². The maximum Gasteiger partial charge on any atom is 0.123 e. The average molecular weight is 254 g/mol. The first-order valence-electron chi connectivity index (χ1n) is 6.05. The highest BCUT2D eigenvalue weighted by molar-refractivity contribution is 5.51. The van der Waals surface area contributed by atoms with Crippen LogP contribution < -0.4 is 5.32 Å². The molecule has 0 aliphatic rings. The lowest BCUT2D eigenvalue weighted by atomic mass is 10.2. The van der Waals surface area contributed by atoms with Crippen LogP contribution in [0.2, 0.25) is 0 Å². The summed E-state index contributed by atoms with van der Waals surface area (Å²) >= 11 is 0. The van der Waals surface area contributed by atoms with Gasteiger partial charge in [0.25, 0.3) is 0 Å². The Bertz CT molecular complexity index is 658. The lowest BCUT2D eigenvalue weighted by Crippen LogP contribution is -1.99. The Hall–Kier alpha value is -2.56. The maximum absolute atomic E-state index is 5.52. The van der Waals surface area contributed by atoms with Gasteiger partial charge in [-0.1, -0.05) is 6.07 Å². The number of aromatic nitrogens is 3. The van der Waals surface area contributed by atoms with E-state index in [0.717, 1.165) is 22.9 Å². The Morgan fingerprint density at radius 2 is 2.00 bits per heavy atom. The van der Waals surface area contributed by atoms with E-state index in [1.165, 1.54) is 0 Å². The van der Waals surface area contributed by atoms with Crippen molar-refractivity contribution in [2.45, 2.75) is 13.5 Å². The van der Waals surface area contributed by atoms with Crippen molar-refractivity contribution in [2.75, 3.05) is 5.32 Å². The first-order chi connectivity index (χ1) is 9.31. The van der Waals surface area contributed by atoms with Crippen LogP contribution in [-0.2, 0) is 6.54 Å². The summed E-state index contributed by atoms with van der Waals surface area (Å²) in [4.78, 5) is 0. The van der Waals surface area contributed by atoms with Gasteiger partial charge in [-0.3, -0.25) is 4.57 Å². The number of anilines is 1. The van der Waals surface area contributed by atoms with Crippen LogP contribution in [0.5, 0.6) is 0 Å². The Morgan fingerprint density at radius 3 is 2.74 bits per heavy atom. The van der Waals surface area contributed by atoms with Gasteiger partial charge in [-0.25, -0.2) is 0 Å². The summed E-state index contributed by atoms with van der Waals surface area (Å²) < 4.78 is 7.38. The van der Waals surface area contributed by atoms with Gasteiger partial charge in [0.1, 0.15) is 24.2 Å². The quantitative estimate of drug-likeness (QED) is 0.777. The second kappa shape index (κ2) is 4.97. The lowest BCUT2D eigenvalue weighted by Gasteiger charge is -2.07. The van der Waals surface area contributed by atoms with Crippen molar-refractivity contribution in [3.63, 3.8) is 0 Å². The largest absolute Gasteiger partial charge is 0.465 e. The smallest absolute Gasteiger partial charge is 0.123 e. The van der Waals surface area contributed by atoms with Crippen molar-refractivity contribution < 1.29 is 4.42 Å². The fourth-order valence-corrected chi connectivity index (χ4v) is 1.88. The van der Waals surface area contributed by atoms with Gasteiger partial charge in [0.05, 0.1) is 12.2 Å². The predicted octanol–water partition coefficient (Wildman–Crippen LogP) is 2.78. The summed E-state index contributed by atoms with van der Waals surface area (Å²) in [7, 11) is 0. The molecule has 96 valence electrons. The van der Waals surface area contributed by atoms with E-state index in [2.05, 4.69) is 15.5 Å². The van der Waals surface area contributed by atoms with Gasteiger partial charge in [-0.2, -0.15) is 0 Å². The van der Waals surface area contributed by atoms with E-state index >= 15 is 0 Å². The van der Waals surface area contributed by atoms with Crippen molar-refractivity contribution in [3.05, 3.63) is 60.6 Å². The molecule has 1 aromatic carbocycles. The highest BCUT2D eigenvalue weighted by Gasteiger charge is 2.01. The summed E-state index contributed by atoms with van der Waals surface area (Å²) in [6.07, 6.45) is 3.35. The van der Waals surface area contributed by atoms with E-state index in [0.29, 0.717) is 6.54 Å². The number of nitrogens with zero attached hydrogens (tertiary/aromatic N) is 3. The van der Waals surface area contributed by atoms with Gasteiger partial charge in [0.2, 0.25) is 0 Å². The van der Waals surface area contributed by atoms with E-state index in [9.17, 15) is 0 Å². The summed E-state index contributed by atoms with van der Waals surface area (Å²) in [6, 6.07) is 12.0. The molecule has 0 fully saturated rings. The molecular formula is C14H14N4O. The van der Waals surface area contributed by atoms with Crippen LogP contribution in [0.4, 0.5) is 5.69 Å². The van der Waals surface area contributed by atoms with E-state index in [-0.39, 0.29) is 0 Å². The van der Waals surface area contributed by atoms with Crippen molar-refractivity contribution in [3.8, 4) is 5.69 Å². The topological polar surface area (TPSA) is 55.9 Å². The molecule has 19 heavy (non-hydrogen) atoms. The Morgan fingerprint density at radius 1 is 1.16 bits per heavy atom. The summed E-state index contributed by atoms with van der Waals surface area (Å²) in [5.74, 6) is 1.85. The average Bonchev–Trinajstić information content (AvgIpc) is 3.08. The maximum atomic E-state index is 5.52. The van der Waals surface area contributed by atoms with Crippen LogP contribution in [-0.4, -0.2) is 14.8 Å². The number of furan rings is 1. The zero-order valence-electron chi connectivity index (χ0n) is 10.6. The van der Waals surface area contributed by atoms with Gasteiger partial charge in [0, 0.05) is 5.69 Å². The molecule has 0 radical (unpaired) electrons. The molecular weight excluding hydrogens is 240 g/mol. The molecule has 0 saturated heterocycles. The number of hydrogen-bond acceptors (Lipinski definition) is 4. The molecule has 2 heterocycles. The third kappa shape index (κ3) is 2.65. The molecule has 0 bridgehead atoms. The van der Waals surface area contributed by atoms with Gasteiger partial charge < -0.3 is 9.73 Å². The van der Waals surface area contributed by atoms with E-state index < -0.39 is 0 Å². The molecule has 0 aliphatic heterocycles. The molecule has 0 spiro atoms. The summed E-state index contributed by atoms with van der Waals surface area (Å²) in [6.45, 7) is 2.61. The zero-order chi connectivity index (χ0) is 13.1. The molecule has 5 heteroatoms. The first kappa shape index (κ1) is 11.5. The molecule has 0 unspecified atom stereocenters. The second-order valence-corrected chi connectivity index (χ2v) is 4.29. The molecule has 0 saturated carbocycles. The zero-order valence-corrected chi connectivity index (χ0v) is 10.6. The fraction of sp³-hybridized carbons (Fsp3) is 0.143. The number of benzene rings is 1. The van der Waals surface area contributed by atoms with E-state index in [4.69, 9.17) is 4.42 Å². The summed E-state index contributed by atoms with van der Waals surface area (Å²) in [5.41, 5.74) is 2.05. The number of aryl methyl sites for hydroxylation is 1. The Balaban J connectivity index is 1.73. The predicted molar refractivity (Wildman–Crippen MR) is 72.1 cm³/mol. The molecule has 5 nitrogen and oxygen atoms in total. The minimum Gasteiger partial charge on any atom is -0.465 e. The SMILES string of the molecule is Cc1ccc(CNc2cccc(-n3cnnc3)c2)o1. The number of rotatable bonds is 4. The third-order valence-electron chi connectivity index (χ3n) is 2.83. The van der Waals surface area contributed by atoms with Crippen LogP contribution in [0.3, 0.4) is 0 Å². The van der Waals surface area contributed by atoms with Crippen molar-refractivity contribution >= 4 is 5.69 Å². The van der Waals surface area contributed by atoms with Gasteiger partial charge in [-0.15, -0.1) is 10.2 Å². The standard InChI is InChI=1S/C14H14N4O/c1-11-5-6-14(19-11)8-15-12-3-2-4-13(7-12)18-9-16-17-10-18/h2-7,9-10,15H,8H2,1H3. The second-order valence-electron chi connectivity index (χ2n) is 4.29. The monoisotopic (exact) mass is 254 g/mol. The normalized spacial score (nSPS) is 10.6. The van der Waals surface area contributed by atoms with Crippen LogP contribution in [0.15, 0.2) is 53.5 Å². The van der Waals surface area contributed by atoms with E-state index in [1.54, 1.807) is 12.7 Å². The minimum absolute atomic E-state index is 0.666. The van der Waals surface area contributed by atoms with Gasteiger partial charge in [-0.05, 0) is 37.3 Å². The third-order valence-corrected chi connectivity index (χ3v) is 2.83.